The van der Waals surface area contributed by atoms with Crippen LogP contribution in [0.5, 0.6) is 0 Å². The lowest BCUT2D eigenvalue weighted by molar-refractivity contribution is -0.0753. The molecule has 2 fully saturated rings. The third kappa shape index (κ3) is 2.81. The van der Waals surface area contributed by atoms with Gasteiger partial charge in [-0.15, -0.1) is 0 Å². The predicted molar refractivity (Wildman–Crippen MR) is 75.1 cm³/mol. The Hall–Kier alpha value is -0.970. The van der Waals surface area contributed by atoms with Gasteiger partial charge in [0.1, 0.15) is 0 Å². The highest BCUT2D eigenvalue weighted by Gasteiger charge is 2.41. The summed E-state index contributed by atoms with van der Waals surface area (Å²) in [5.74, 6) is 0. The smallest absolute Gasteiger partial charge is 0.0911 e. The number of nitrogens with one attached hydrogen (secondary N) is 1. The average Bonchev–Trinajstić information content (AvgIpc) is 3.24. The van der Waals surface area contributed by atoms with Crippen LogP contribution in [-0.2, 0) is 4.74 Å². The Balaban J connectivity index is 1.87. The quantitative estimate of drug-likeness (QED) is 0.891. The molecule has 1 aromatic heterocycles. The van der Waals surface area contributed by atoms with Crippen molar-refractivity contribution in [2.75, 3.05) is 26.7 Å². The van der Waals surface area contributed by atoms with Crippen molar-refractivity contribution < 1.29 is 4.74 Å². The Labute approximate surface area is 115 Å². The van der Waals surface area contributed by atoms with E-state index in [1.54, 1.807) is 0 Å². The lowest BCUT2D eigenvalue weighted by Gasteiger charge is -2.41. The molecular formula is C15H23N3O. The number of aryl methyl sites for hydroxylation is 1. The van der Waals surface area contributed by atoms with Crippen molar-refractivity contribution in [3.8, 4) is 0 Å². The number of ether oxygens (including phenoxy) is 1. The number of hydrogen-bond donors (Lipinski definition) is 1. The lowest BCUT2D eigenvalue weighted by Crippen LogP contribution is -2.49. The second kappa shape index (κ2) is 5.57. The van der Waals surface area contributed by atoms with Gasteiger partial charge in [-0.2, -0.15) is 0 Å². The van der Waals surface area contributed by atoms with Crippen molar-refractivity contribution in [3.05, 3.63) is 29.6 Å². The molecule has 0 bridgehead atoms. The molecule has 1 aliphatic carbocycles. The van der Waals surface area contributed by atoms with Gasteiger partial charge >= 0.3 is 0 Å². The largest absolute Gasteiger partial charge is 0.374 e. The van der Waals surface area contributed by atoms with Gasteiger partial charge in [0.2, 0.25) is 0 Å². The molecule has 1 saturated carbocycles. The number of aromatic nitrogens is 1. The summed E-state index contributed by atoms with van der Waals surface area (Å²) in [6, 6.07) is 5.36. The molecule has 0 aromatic carbocycles. The highest BCUT2D eigenvalue weighted by molar-refractivity contribution is 5.18. The van der Waals surface area contributed by atoms with Crippen molar-refractivity contribution in [2.24, 2.45) is 0 Å². The number of hydrogen-bond acceptors (Lipinski definition) is 4. The molecule has 104 valence electrons. The van der Waals surface area contributed by atoms with Gasteiger partial charge in [0.25, 0.3) is 0 Å². The van der Waals surface area contributed by atoms with Gasteiger partial charge < -0.3 is 10.1 Å². The molecule has 1 N–H and O–H groups in total. The van der Waals surface area contributed by atoms with E-state index in [2.05, 4.69) is 34.3 Å². The molecule has 2 heterocycles. The number of morpholine rings is 1. The Morgan fingerprint density at radius 2 is 2.26 bits per heavy atom. The molecule has 2 aliphatic rings. The molecule has 0 amide bonds. The van der Waals surface area contributed by atoms with Gasteiger partial charge in [-0.1, -0.05) is 6.07 Å². The van der Waals surface area contributed by atoms with Crippen LogP contribution in [0.15, 0.2) is 18.3 Å². The fraction of sp³-hybridized carbons (Fsp3) is 0.667. The summed E-state index contributed by atoms with van der Waals surface area (Å²) >= 11 is 0. The predicted octanol–water partition coefficient (Wildman–Crippen LogP) is 1.51. The third-order valence-electron chi connectivity index (χ3n) is 4.05. The normalized spacial score (nSPS) is 28.5. The van der Waals surface area contributed by atoms with Crippen molar-refractivity contribution in [1.82, 2.24) is 15.2 Å². The van der Waals surface area contributed by atoms with Crippen LogP contribution < -0.4 is 5.32 Å². The molecule has 2 unspecified atom stereocenters. The van der Waals surface area contributed by atoms with Gasteiger partial charge in [0.05, 0.1) is 24.4 Å². The SMILES string of the molecule is CNCC1OCCN(C2CC2)C1c1ccc(C)cn1. The van der Waals surface area contributed by atoms with Crippen molar-refractivity contribution in [2.45, 2.75) is 38.0 Å². The third-order valence-corrected chi connectivity index (χ3v) is 4.05. The van der Waals surface area contributed by atoms with E-state index in [1.165, 1.54) is 18.4 Å². The minimum Gasteiger partial charge on any atom is -0.374 e. The fourth-order valence-corrected chi connectivity index (χ4v) is 2.96. The number of nitrogens with zero attached hydrogens (tertiary/aromatic N) is 2. The second-order valence-corrected chi connectivity index (χ2v) is 5.64. The van der Waals surface area contributed by atoms with Crippen LogP contribution in [0.1, 0.15) is 30.1 Å². The lowest BCUT2D eigenvalue weighted by atomic mass is 10.0. The van der Waals surface area contributed by atoms with E-state index < -0.39 is 0 Å². The van der Waals surface area contributed by atoms with Crippen molar-refractivity contribution in [1.29, 1.82) is 0 Å². The van der Waals surface area contributed by atoms with Crippen LogP contribution in [0.25, 0.3) is 0 Å². The maximum Gasteiger partial charge on any atom is 0.0911 e. The maximum absolute atomic E-state index is 5.98. The molecular weight excluding hydrogens is 238 g/mol. The standard InChI is InChI=1S/C15H23N3O/c1-11-3-6-13(17-9-11)15-14(10-16-2)19-8-7-18(15)12-4-5-12/h3,6,9,12,14-16H,4-5,7-8,10H2,1-2H3. The van der Waals surface area contributed by atoms with E-state index in [-0.39, 0.29) is 6.10 Å². The van der Waals surface area contributed by atoms with Gasteiger partial charge in [0.15, 0.2) is 0 Å². The van der Waals surface area contributed by atoms with E-state index in [0.717, 1.165) is 31.4 Å². The first-order valence-electron chi connectivity index (χ1n) is 7.24. The summed E-state index contributed by atoms with van der Waals surface area (Å²) in [4.78, 5) is 7.25. The van der Waals surface area contributed by atoms with E-state index in [4.69, 9.17) is 4.74 Å². The summed E-state index contributed by atoms with van der Waals surface area (Å²) in [6.45, 7) is 4.83. The van der Waals surface area contributed by atoms with Crippen LogP contribution >= 0.6 is 0 Å². The van der Waals surface area contributed by atoms with Gasteiger partial charge in [-0.25, -0.2) is 0 Å². The zero-order valence-corrected chi connectivity index (χ0v) is 11.8. The monoisotopic (exact) mass is 261 g/mol. The average molecular weight is 261 g/mol. The van der Waals surface area contributed by atoms with E-state index in [1.807, 2.05) is 13.2 Å². The van der Waals surface area contributed by atoms with Crippen LogP contribution in [-0.4, -0.2) is 48.8 Å². The zero-order chi connectivity index (χ0) is 13.2. The topological polar surface area (TPSA) is 37.4 Å². The summed E-state index contributed by atoms with van der Waals surface area (Å²) in [7, 11) is 1.99. The summed E-state index contributed by atoms with van der Waals surface area (Å²) in [6.07, 6.45) is 4.82. The number of likely N-dealkylation sites (N-methyl/N-ethyl adjacent to an activating group) is 1. The first-order chi connectivity index (χ1) is 9.29. The Kier molecular flexibility index (Phi) is 3.82. The fourth-order valence-electron chi connectivity index (χ4n) is 2.96. The number of pyridine rings is 1. The van der Waals surface area contributed by atoms with E-state index in [0.29, 0.717) is 6.04 Å². The molecule has 2 atom stereocenters. The second-order valence-electron chi connectivity index (χ2n) is 5.64. The van der Waals surface area contributed by atoms with Crippen molar-refractivity contribution >= 4 is 0 Å². The van der Waals surface area contributed by atoms with E-state index >= 15 is 0 Å². The van der Waals surface area contributed by atoms with Gasteiger partial charge in [-0.05, 0) is 38.4 Å². The molecule has 3 rings (SSSR count). The highest BCUT2D eigenvalue weighted by atomic mass is 16.5. The maximum atomic E-state index is 5.98. The first-order valence-corrected chi connectivity index (χ1v) is 7.24. The minimum atomic E-state index is 0.203. The Morgan fingerprint density at radius 3 is 2.89 bits per heavy atom. The minimum absolute atomic E-state index is 0.203. The Bertz CT molecular complexity index is 414. The van der Waals surface area contributed by atoms with Gasteiger partial charge in [0, 0.05) is 25.3 Å². The van der Waals surface area contributed by atoms with Crippen molar-refractivity contribution in [3.63, 3.8) is 0 Å². The van der Waals surface area contributed by atoms with Crippen LogP contribution in [0.2, 0.25) is 0 Å². The molecule has 0 radical (unpaired) electrons. The molecule has 1 aromatic rings. The highest BCUT2D eigenvalue weighted by Crippen LogP contribution is 2.38. The molecule has 4 nitrogen and oxygen atoms in total. The summed E-state index contributed by atoms with van der Waals surface area (Å²) in [5, 5.41) is 3.25. The zero-order valence-electron chi connectivity index (χ0n) is 11.8. The molecule has 4 heteroatoms. The Morgan fingerprint density at radius 1 is 1.42 bits per heavy atom. The molecule has 0 spiro atoms. The molecule has 19 heavy (non-hydrogen) atoms. The van der Waals surface area contributed by atoms with Crippen LogP contribution in [0.3, 0.4) is 0 Å². The van der Waals surface area contributed by atoms with Gasteiger partial charge in [-0.3, -0.25) is 9.88 Å². The molecule has 1 saturated heterocycles. The first kappa shape index (κ1) is 13.0. The molecule has 1 aliphatic heterocycles. The number of rotatable bonds is 4. The van der Waals surface area contributed by atoms with Crippen LogP contribution in [0, 0.1) is 6.92 Å². The summed E-state index contributed by atoms with van der Waals surface area (Å²) in [5.41, 5.74) is 2.36. The van der Waals surface area contributed by atoms with Crippen LogP contribution in [0.4, 0.5) is 0 Å². The summed E-state index contributed by atoms with van der Waals surface area (Å²) < 4.78 is 5.98. The van der Waals surface area contributed by atoms with E-state index in [9.17, 15) is 0 Å².